The van der Waals surface area contributed by atoms with E-state index in [9.17, 15) is 9.59 Å². The average Bonchev–Trinajstić information content (AvgIpc) is 2.36. The van der Waals surface area contributed by atoms with Gasteiger partial charge in [0.1, 0.15) is 12.1 Å². The van der Waals surface area contributed by atoms with Gasteiger partial charge in [-0.2, -0.15) is 0 Å². The van der Waals surface area contributed by atoms with Gasteiger partial charge in [0.05, 0.1) is 12.7 Å². The zero-order valence-corrected chi connectivity index (χ0v) is 10.8. The van der Waals surface area contributed by atoms with Crippen molar-refractivity contribution < 1.29 is 24.2 Å². The zero-order chi connectivity index (χ0) is 13.5. The van der Waals surface area contributed by atoms with Crippen molar-refractivity contribution >= 4 is 11.9 Å². The van der Waals surface area contributed by atoms with E-state index < -0.39 is 24.0 Å². The lowest BCUT2D eigenvalue weighted by molar-refractivity contribution is -0.144. The van der Waals surface area contributed by atoms with Crippen LogP contribution in [0, 0.1) is 0 Å². The molecule has 0 aliphatic carbocycles. The van der Waals surface area contributed by atoms with Crippen LogP contribution in [0.15, 0.2) is 0 Å². The van der Waals surface area contributed by atoms with Crippen LogP contribution in [0.5, 0.6) is 0 Å². The lowest BCUT2D eigenvalue weighted by Crippen LogP contribution is -2.44. The molecule has 0 unspecified atom stereocenters. The molecule has 0 aromatic rings. The molecule has 104 valence electrons. The van der Waals surface area contributed by atoms with E-state index >= 15 is 0 Å². The smallest absolute Gasteiger partial charge is 0.325 e. The van der Waals surface area contributed by atoms with Gasteiger partial charge in [-0.25, -0.2) is 0 Å². The summed E-state index contributed by atoms with van der Waals surface area (Å²) in [5.41, 5.74) is 0. The highest BCUT2D eigenvalue weighted by Crippen LogP contribution is 2.13. The van der Waals surface area contributed by atoms with Crippen LogP contribution in [-0.2, 0) is 19.1 Å². The van der Waals surface area contributed by atoms with E-state index in [0.717, 1.165) is 25.9 Å². The molecule has 1 amide bonds. The molecule has 0 saturated carbocycles. The molecule has 18 heavy (non-hydrogen) atoms. The number of nitrogens with one attached hydrogen (secondary N) is 1. The fraction of sp³-hybridized carbons (Fsp3) is 0.833. The number of carbonyl (C=O) groups excluding carboxylic acids is 1. The maximum Gasteiger partial charge on any atom is 0.325 e. The summed E-state index contributed by atoms with van der Waals surface area (Å²) in [7, 11) is 0. The zero-order valence-electron chi connectivity index (χ0n) is 10.8. The van der Waals surface area contributed by atoms with Crippen molar-refractivity contribution in [2.24, 2.45) is 0 Å². The largest absolute Gasteiger partial charge is 0.480 e. The summed E-state index contributed by atoms with van der Waals surface area (Å²) >= 11 is 0. The van der Waals surface area contributed by atoms with E-state index in [-0.39, 0.29) is 6.10 Å². The minimum absolute atomic E-state index is 0.0471. The minimum Gasteiger partial charge on any atom is -0.480 e. The average molecular weight is 259 g/mol. The molecule has 1 aliphatic heterocycles. The fourth-order valence-electron chi connectivity index (χ4n) is 1.66. The van der Waals surface area contributed by atoms with Gasteiger partial charge in [0.15, 0.2) is 0 Å². The molecule has 0 aromatic carbocycles. The van der Waals surface area contributed by atoms with Crippen molar-refractivity contribution in [1.82, 2.24) is 5.32 Å². The first-order valence-corrected chi connectivity index (χ1v) is 6.27. The third-order valence-corrected chi connectivity index (χ3v) is 2.90. The lowest BCUT2D eigenvalue weighted by atomic mass is 10.1. The minimum atomic E-state index is -1.06. The molecule has 1 fully saturated rings. The Bertz CT molecular complexity index is 288. The Morgan fingerprint density at radius 1 is 1.44 bits per heavy atom. The molecular formula is C12H21NO5. The summed E-state index contributed by atoms with van der Waals surface area (Å²) in [6, 6.07) is -0.908. The Morgan fingerprint density at radius 2 is 2.17 bits per heavy atom. The van der Waals surface area contributed by atoms with Gasteiger partial charge in [0.2, 0.25) is 5.91 Å². The predicted molar refractivity (Wildman–Crippen MR) is 64.2 cm³/mol. The van der Waals surface area contributed by atoms with Gasteiger partial charge < -0.3 is 19.9 Å². The number of hydrogen-bond acceptors (Lipinski definition) is 4. The second kappa shape index (κ2) is 7.33. The highest BCUT2D eigenvalue weighted by Gasteiger charge is 2.21. The second-order valence-corrected chi connectivity index (χ2v) is 4.53. The highest BCUT2D eigenvalue weighted by molar-refractivity contribution is 5.85. The third-order valence-electron chi connectivity index (χ3n) is 2.90. The van der Waals surface area contributed by atoms with Gasteiger partial charge in [-0.05, 0) is 33.1 Å². The normalized spacial score (nSPS) is 23.1. The molecule has 1 saturated heterocycles. The monoisotopic (exact) mass is 259 g/mol. The number of carboxylic acids is 1. The Morgan fingerprint density at radius 3 is 2.72 bits per heavy atom. The van der Waals surface area contributed by atoms with Crippen molar-refractivity contribution in [3.8, 4) is 0 Å². The maximum absolute atomic E-state index is 11.6. The van der Waals surface area contributed by atoms with E-state index in [0.29, 0.717) is 6.61 Å². The van der Waals surface area contributed by atoms with Crippen molar-refractivity contribution in [1.29, 1.82) is 0 Å². The van der Waals surface area contributed by atoms with Crippen LogP contribution in [0.25, 0.3) is 0 Å². The lowest BCUT2D eigenvalue weighted by Gasteiger charge is -2.24. The molecule has 1 aliphatic rings. The summed E-state index contributed by atoms with van der Waals surface area (Å²) in [6.07, 6.45) is 2.51. The topological polar surface area (TPSA) is 84.9 Å². The van der Waals surface area contributed by atoms with Crippen LogP contribution < -0.4 is 5.32 Å². The first kappa shape index (κ1) is 14.9. The molecule has 3 atom stereocenters. The number of amides is 1. The van der Waals surface area contributed by atoms with E-state index in [4.69, 9.17) is 14.6 Å². The summed E-state index contributed by atoms with van der Waals surface area (Å²) in [5.74, 6) is -1.48. The number of carboxylic acid groups (broad SMARTS) is 1. The van der Waals surface area contributed by atoms with Gasteiger partial charge in [-0.1, -0.05) is 0 Å². The van der Waals surface area contributed by atoms with Crippen LogP contribution in [0.3, 0.4) is 0 Å². The quantitative estimate of drug-likeness (QED) is 0.727. The summed E-state index contributed by atoms with van der Waals surface area (Å²) < 4.78 is 10.9. The van der Waals surface area contributed by atoms with Gasteiger partial charge in [-0.3, -0.25) is 9.59 Å². The Balaban J connectivity index is 2.24. The van der Waals surface area contributed by atoms with E-state index in [1.807, 2.05) is 0 Å². The summed E-state index contributed by atoms with van der Waals surface area (Å²) in [6.45, 7) is 4.13. The SMILES string of the molecule is C[C@H](NC(=O)[C@H](C)OC[C@@H]1CCCCO1)C(=O)O. The van der Waals surface area contributed by atoms with Crippen molar-refractivity contribution in [3.63, 3.8) is 0 Å². The van der Waals surface area contributed by atoms with E-state index in [2.05, 4.69) is 5.32 Å². The number of aliphatic carboxylic acids is 1. The third kappa shape index (κ3) is 5.01. The number of ether oxygens (including phenoxy) is 2. The molecule has 6 nitrogen and oxygen atoms in total. The van der Waals surface area contributed by atoms with Crippen LogP contribution in [-0.4, -0.2) is 48.4 Å². The van der Waals surface area contributed by atoms with Crippen molar-refractivity contribution in [2.75, 3.05) is 13.2 Å². The Kier molecular flexibility index (Phi) is 6.07. The Labute approximate surface area is 107 Å². The molecule has 2 N–H and O–H groups in total. The first-order valence-electron chi connectivity index (χ1n) is 6.27. The standard InChI is InChI=1S/C12H21NO5/c1-8(12(15)16)13-11(14)9(2)18-7-10-5-3-4-6-17-10/h8-10H,3-7H2,1-2H3,(H,13,14)(H,15,16)/t8-,9-,10-/m0/s1. The number of hydrogen-bond donors (Lipinski definition) is 2. The molecule has 0 bridgehead atoms. The molecular weight excluding hydrogens is 238 g/mol. The summed E-state index contributed by atoms with van der Waals surface area (Å²) in [5, 5.41) is 11.0. The van der Waals surface area contributed by atoms with Crippen molar-refractivity contribution in [2.45, 2.75) is 51.4 Å². The van der Waals surface area contributed by atoms with Crippen LogP contribution >= 0.6 is 0 Å². The second-order valence-electron chi connectivity index (χ2n) is 4.53. The van der Waals surface area contributed by atoms with Crippen LogP contribution in [0.1, 0.15) is 33.1 Å². The first-order chi connectivity index (χ1) is 8.50. The molecule has 0 spiro atoms. The number of rotatable bonds is 6. The molecule has 1 rings (SSSR count). The van der Waals surface area contributed by atoms with E-state index in [1.54, 1.807) is 6.92 Å². The maximum atomic E-state index is 11.6. The number of carbonyl (C=O) groups is 2. The fourth-order valence-corrected chi connectivity index (χ4v) is 1.66. The molecule has 0 aromatic heterocycles. The van der Waals surface area contributed by atoms with Gasteiger partial charge in [0, 0.05) is 6.61 Å². The molecule has 6 heteroatoms. The molecule has 0 radical (unpaired) electrons. The molecule has 1 heterocycles. The highest BCUT2D eigenvalue weighted by atomic mass is 16.5. The Hall–Kier alpha value is -1.14. The summed E-state index contributed by atoms with van der Waals surface area (Å²) in [4.78, 5) is 22.2. The van der Waals surface area contributed by atoms with E-state index in [1.165, 1.54) is 6.92 Å². The van der Waals surface area contributed by atoms with Crippen LogP contribution in [0.2, 0.25) is 0 Å². The van der Waals surface area contributed by atoms with Crippen LogP contribution in [0.4, 0.5) is 0 Å². The van der Waals surface area contributed by atoms with Crippen molar-refractivity contribution in [3.05, 3.63) is 0 Å². The van der Waals surface area contributed by atoms with Gasteiger partial charge in [0.25, 0.3) is 0 Å². The van der Waals surface area contributed by atoms with Gasteiger partial charge >= 0.3 is 5.97 Å². The predicted octanol–water partition coefficient (Wildman–Crippen LogP) is 0.550. The van der Waals surface area contributed by atoms with Gasteiger partial charge in [-0.15, -0.1) is 0 Å².